The van der Waals surface area contributed by atoms with Crippen molar-refractivity contribution in [3.8, 4) is 0 Å². The molecule has 0 spiro atoms. The topological polar surface area (TPSA) is 32.3 Å². The van der Waals surface area contributed by atoms with E-state index in [1.165, 1.54) is 0 Å². The third-order valence-corrected chi connectivity index (χ3v) is 1.23. The van der Waals surface area contributed by atoms with Crippen LogP contribution in [0.4, 0.5) is 0 Å². The zero-order chi connectivity index (χ0) is 7.98. The summed E-state index contributed by atoms with van der Waals surface area (Å²) in [7, 11) is 3.58. The van der Waals surface area contributed by atoms with Crippen molar-refractivity contribution < 1.29 is 4.79 Å². The first-order valence-corrected chi connectivity index (χ1v) is 3.87. The third kappa shape index (κ3) is 5.91. The van der Waals surface area contributed by atoms with Crippen LogP contribution in [0.1, 0.15) is 12.8 Å². The predicted molar refractivity (Wildman–Crippen MR) is 44.9 cm³/mol. The van der Waals surface area contributed by atoms with Gasteiger partial charge in [0.1, 0.15) is 0 Å². The largest absolute Gasteiger partial charge is 0.289 e. The second-order valence-corrected chi connectivity index (χ2v) is 2.70. The van der Waals surface area contributed by atoms with Gasteiger partial charge in [0.2, 0.25) is 5.91 Å². The summed E-state index contributed by atoms with van der Waals surface area (Å²) in [4.78, 5) is 10.8. The molecule has 0 aromatic rings. The van der Waals surface area contributed by atoms with Gasteiger partial charge in [0, 0.05) is 20.5 Å². The van der Waals surface area contributed by atoms with Crippen LogP contribution in [0.3, 0.4) is 0 Å². The summed E-state index contributed by atoms with van der Waals surface area (Å²) in [6.07, 6.45) is 1.39. The number of thiol groups is 1. The Hall–Kier alpha value is -0.220. The quantitative estimate of drug-likeness (QED) is 0.460. The summed E-state index contributed by atoms with van der Waals surface area (Å²) < 4.78 is 0. The molecule has 3 nitrogen and oxygen atoms in total. The van der Waals surface area contributed by atoms with Crippen LogP contribution in [0, 0.1) is 0 Å². The van der Waals surface area contributed by atoms with Crippen molar-refractivity contribution in [2.75, 3.05) is 19.8 Å². The average molecular weight is 162 g/mol. The lowest BCUT2D eigenvalue weighted by Gasteiger charge is -2.10. The van der Waals surface area contributed by atoms with Gasteiger partial charge in [0.25, 0.3) is 0 Å². The van der Waals surface area contributed by atoms with E-state index in [-0.39, 0.29) is 5.91 Å². The molecule has 0 radical (unpaired) electrons. The summed E-state index contributed by atoms with van der Waals surface area (Å²) in [5, 5.41) is 1.64. The van der Waals surface area contributed by atoms with Gasteiger partial charge in [-0.25, -0.2) is 5.01 Å². The third-order valence-electron chi connectivity index (χ3n) is 0.910. The number of hydrogen-bond acceptors (Lipinski definition) is 3. The maximum Gasteiger partial charge on any atom is 0.234 e. The Morgan fingerprint density at radius 3 is 2.60 bits per heavy atom. The maximum absolute atomic E-state index is 10.8. The van der Waals surface area contributed by atoms with Crippen molar-refractivity contribution in [1.82, 2.24) is 10.4 Å². The molecule has 60 valence electrons. The van der Waals surface area contributed by atoms with Gasteiger partial charge in [-0.2, -0.15) is 12.6 Å². The molecule has 0 rings (SSSR count). The minimum atomic E-state index is 0.0547. The summed E-state index contributed by atoms with van der Waals surface area (Å²) in [5.74, 6) is 0.819. The standard InChI is InChI=1S/C6H14N2OS/c1-8(2)7-6(9)4-3-5-10/h10H,3-5H2,1-2H3,(H,7,9). The Kier molecular flexibility index (Phi) is 5.43. The zero-order valence-corrected chi connectivity index (χ0v) is 7.32. The van der Waals surface area contributed by atoms with Crippen molar-refractivity contribution in [2.45, 2.75) is 12.8 Å². The highest BCUT2D eigenvalue weighted by atomic mass is 32.1. The van der Waals surface area contributed by atoms with E-state index < -0.39 is 0 Å². The van der Waals surface area contributed by atoms with Crippen LogP contribution in [-0.4, -0.2) is 30.8 Å². The Balaban J connectivity index is 3.26. The van der Waals surface area contributed by atoms with Crippen molar-refractivity contribution >= 4 is 18.5 Å². The molecule has 4 heteroatoms. The first kappa shape index (κ1) is 9.78. The van der Waals surface area contributed by atoms with Crippen molar-refractivity contribution in [1.29, 1.82) is 0 Å². The minimum Gasteiger partial charge on any atom is -0.289 e. The number of carbonyl (C=O) groups excluding carboxylic acids is 1. The molecule has 10 heavy (non-hydrogen) atoms. The van der Waals surface area contributed by atoms with Crippen LogP contribution in [0.25, 0.3) is 0 Å². The number of hydrazine groups is 1. The molecule has 1 amide bonds. The first-order chi connectivity index (χ1) is 4.66. The zero-order valence-electron chi connectivity index (χ0n) is 6.42. The van der Waals surface area contributed by atoms with E-state index in [4.69, 9.17) is 0 Å². The van der Waals surface area contributed by atoms with E-state index in [9.17, 15) is 4.79 Å². The Morgan fingerprint density at radius 1 is 1.60 bits per heavy atom. The monoisotopic (exact) mass is 162 g/mol. The highest BCUT2D eigenvalue weighted by molar-refractivity contribution is 7.80. The molecule has 0 saturated heterocycles. The summed E-state index contributed by atoms with van der Waals surface area (Å²) in [5.41, 5.74) is 2.64. The lowest BCUT2D eigenvalue weighted by Crippen LogP contribution is -2.35. The fraction of sp³-hybridized carbons (Fsp3) is 0.833. The highest BCUT2D eigenvalue weighted by Crippen LogP contribution is 1.90. The first-order valence-electron chi connectivity index (χ1n) is 3.24. The van der Waals surface area contributed by atoms with Gasteiger partial charge >= 0.3 is 0 Å². The van der Waals surface area contributed by atoms with Crippen LogP contribution in [0.15, 0.2) is 0 Å². The van der Waals surface area contributed by atoms with Gasteiger partial charge in [-0.3, -0.25) is 10.2 Å². The van der Waals surface area contributed by atoms with E-state index in [2.05, 4.69) is 18.1 Å². The second kappa shape index (κ2) is 5.56. The molecule has 0 bridgehead atoms. The van der Waals surface area contributed by atoms with E-state index in [1.54, 1.807) is 19.1 Å². The van der Waals surface area contributed by atoms with Crippen molar-refractivity contribution in [3.05, 3.63) is 0 Å². The van der Waals surface area contributed by atoms with Gasteiger partial charge in [-0.05, 0) is 12.2 Å². The van der Waals surface area contributed by atoms with Gasteiger partial charge in [-0.1, -0.05) is 0 Å². The molecule has 0 aromatic carbocycles. The van der Waals surface area contributed by atoms with E-state index in [1.807, 2.05) is 0 Å². The number of rotatable bonds is 4. The smallest absolute Gasteiger partial charge is 0.234 e. The molecule has 0 aliphatic heterocycles. The summed E-state index contributed by atoms with van der Waals surface area (Å²) in [6, 6.07) is 0. The molecule has 1 N–H and O–H groups in total. The molecule has 0 aromatic heterocycles. The molecule has 0 fully saturated rings. The predicted octanol–water partition coefficient (Wildman–Crippen LogP) is 0.289. The van der Waals surface area contributed by atoms with Crippen LogP contribution in [0.2, 0.25) is 0 Å². The lowest BCUT2D eigenvalue weighted by molar-refractivity contribution is -0.124. The number of carbonyl (C=O) groups is 1. The van der Waals surface area contributed by atoms with Gasteiger partial charge in [-0.15, -0.1) is 0 Å². The van der Waals surface area contributed by atoms with E-state index >= 15 is 0 Å². The van der Waals surface area contributed by atoms with Gasteiger partial charge in [0.15, 0.2) is 0 Å². The number of nitrogens with one attached hydrogen (secondary N) is 1. The molecule has 0 unspecified atom stereocenters. The Morgan fingerprint density at radius 2 is 2.20 bits per heavy atom. The highest BCUT2D eigenvalue weighted by Gasteiger charge is 1.98. The Bertz CT molecular complexity index is 106. The number of nitrogens with zero attached hydrogens (tertiary/aromatic N) is 1. The SMILES string of the molecule is CN(C)NC(=O)CCCS. The lowest BCUT2D eigenvalue weighted by atomic mass is 10.3. The van der Waals surface area contributed by atoms with Crippen LogP contribution >= 0.6 is 12.6 Å². The summed E-state index contributed by atoms with van der Waals surface area (Å²) >= 11 is 3.99. The number of amides is 1. The molecular formula is C6H14N2OS. The minimum absolute atomic E-state index is 0.0547. The fourth-order valence-corrected chi connectivity index (χ4v) is 0.703. The van der Waals surface area contributed by atoms with Crippen molar-refractivity contribution in [3.63, 3.8) is 0 Å². The van der Waals surface area contributed by atoms with Gasteiger partial charge < -0.3 is 0 Å². The second-order valence-electron chi connectivity index (χ2n) is 2.26. The van der Waals surface area contributed by atoms with Crippen LogP contribution < -0.4 is 5.43 Å². The summed E-state index contributed by atoms with van der Waals surface area (Å²) in [6.45, 7) is 0. The number of hydrogen-bond donors (Lipinski definition) is 2. The van der Waals surface area contributed by atoms with Gasteiger partial charge in [0.05, 0.1) is 0 Å². The van der Waals surface area contributed by atoms with E-state index in [0.717, 1.165) is 12.2 Å². The Labute approximate surface area is 67.2 Å². The molecule has 0 saturated carbocycles. The molecule has 0 heterocycles. The normalized spacial score (nSPS) is 10.0. The maximum atomic E-state index is 10.8. The molecular weight excluding hydrogens is 148 g/mol. The average Bonchev–Trinajstić information content (AvgIpc) is 1.82. The van der Waals surface area contributed by atoms with Crippen molar-refractivity contribution in [2.24, 2.45) is 0 Å². The molecule has 0 atom stereocenters. The van der Waals surface area contributed by atoms with Crippen LogP contribution in [0.5, 0.6) is 0 Å². The fourth-order valence-electron chi connectivity index (χ4n) is 0.545. The van der Waals surface area contributed by atoms with Crippen LogP contribution in [-0.2, 0) is 4.79 Å². The molecule has 0 aliphatic rings. The van der Waals surface area contributed by atoms with E-state index in [0.29, 0.717) is 6.42 Å². The molecule has 0 aliphatic carbocycles.